The number of nitrogens with one attached hydrogen (secondary N) is 1. The summed E-state index contributed by atoms with van der Waals surface area (Å²) in [6, 6.07) is 16.0. The van der Waals surface area contributed by atoms with Gasteiger partial charge in [0.15, 0.2) is 17.3 Å². The number of nitrogens with zero attached hydrogens (tertiary/aromatic N) is 1. The summed E-state index contributed by atoms with van der Waals surface area (Å²) >= 11 is 0. The number of aromatic nitrogens is 1. The number of carbonyl (C=O) groups excluding carboxylic acids is 1. The third-order valence-corrected chi connectivity index (χ3v) is 3.83. The van der Waals surface area contributed by atoms with Crippen LogP contribution in [0.15, 0.2) is 59.1 Å². The standard InChI is InChI=1S/C20H20N2O5/c1-24-16-9-7-14(8-10-16)20(23)21-12-17-11-15(22-27-17)13-26-19-6-4-3-5-18(19)25-2/h3-11H,12-13H2,1-2H3,(H,21,23). The molecule has 2 aromatic carbocycles. The Bertz CT molecular complexity index is 889. The Morgan fingerprint density at radius 1 is 1.04 bits per heavy atom. The Kier molecular flexibility index (Phi) is 5.94. The van der Waals surface area contributed by atoms with Crippen LogP contribution in [0.1, 0.15) is 21.8 Å². The van der Waals surface area contributed by atoms with E-state index in [0.29, 0.717) is 34.3 Å². The Balaban J connectivity index is 1.52. The monoisotopic (exact) mass is 368 g/mol. The number of ether oxygens (including phenoxy) is 3. The van der Waals surface area contributed by atoms with E-state index in [1.54, 1.807) is 44.6 Å². The van der Waals surface area contributed by atoms with Gasteiger partial charge in [-0.25, -0.2) is 0 Å². The lowest BCUT2D eigenvalue weighted by atomic mass is 10.2. The van der Waals surface area contributed by atoms with Gasteiger partial charge in [-0.2, -0.15) is 0 Å². The van der Waals surface area contributed by atoms with E-state index in [1.807, 2.05) is 24.3 Å². The topological polar surface area (TPSA) is 82.8 Å². The highest BCUT2D eigenvalue weighted by atomic mass is 16.5. The van der Waals surface area contributed by atoms with Crippen molar-refractivity contribution in [3.8, 4) is 17.2 Å². The Morgan fingerprint density at radius 3 is 2.48 bits per heavy atom. The lowest BCUT2D eigenvalue weighted by molar-refractivity contribution is 0.0947. The van der Waals surface area contributed by atoms with Crippen molar-refractivity contribution in [2.45, 2.75) is 13.2 Å². The average Bonchev–Trinajstić information content (AvgIpc) is 3.18. The van der Waals surface area contributed by atoms with Gasteiger partial charge >= 0.3 is 0 Å². The summed E-state index contributed by atoms with van der Waals surface area (Å²) in [6.07, 6.45) is 0. The van der Waals surface area contributed by atoms with E-state index in [1.165, 1.54) is 0 Å². The number of hydrogen-bond donors (Lipinski definition) is 1. The molecule has 27 heavy (non-hydrogen) atoms. The van der Waals surface area contributed by atoms with Crippen LogP contribution in [-0.2, 0) is 13.2 Å². The summed E-state index contributed by atoms with van der Waals surface area (Å²) in [5.41, 5.74) is 1.16. The van der Waals surface area contributed by atoms with E-state index >= 15 is 0 Å². The lowest BCUT2D eigenvalue weighted by Crippen LogP contribution is -2.22. The number of benzene rings is 2. The summed E-state index contributed by atoms with van der Waals surface area (Å²) < 4.78 is 21.2. The van der Waals surface area contributed by atoms with Crippen LogP contribution in [0.3, 0.4) is 0 Å². The summed E-state index contributed by atoms with van der Waals surface area (Å²) in [7, 11) is 3.16. The fraction of sp³-hybridized carbons (Fsp3) is 0.200. The molecule has 7 heteroatoms. The van der Waals surface area contributed by atoms with Crippen molar-refractivity contribution in [2.75, 3.05) is 14.2 Å². The fourth-order valence-corrected chi connectivity index (χ4v) is 2.41. The van der Waals surface area contributed by atoms with E-state index in [2.05, 4.69) is 10.5 Å². The first-order valence-corrected chi connectivity index (χ1v) is 8.32. The van der Waals surface area contributed by atoms with Gasteiger partial charge in [-0.15, -0.1) is 0 Å². The fourth-order valence-electron chi connectivity index (χ4n) is 2.41. The first kappa shape index (κ1) is 18.3. The average molecular weight is 368 g/mol. The van der Waals surface area contributed by atoms with Gasteiger partial charge in [0.25, 0.3) is 5.91 Å². The molecule has 0 atom stereocenters. The molecule has 0 aliphatic carbocycles. The van der Waals surface area contributed by atoms with Gasteiger partial charge in [-0.1, -0.05) is 17.3 Å². The van der Waals surface area contributed by atoms with E-state index in [0.717, 1.165) is 0 Å². The first-order chi connectivity index (χ1) is 13.2. The Morgan fingerprint density at radius 2 is 1.78 bits per heavy atom. The molecule has 0 unspecified atom stereocenters. The third kappa shape index (κ3) is 4.78. The van der Waals surface area contributed by atoms with Crippen LogP contribution in [0.25, 0.3) is 0 Å². The van der Waals surface area contributed by atoms with Crippen LogP contribution in [0.4, 0.5) is 0 Å². The molecule has 0 radical (unpaired) electrons. The summed E-state index contributed by atoms with van der Waals surface area (Å²) in [5, 5.41) is 6.74. The zero-order valence-electron chi connectivity index (χ0n) is 15.1. The predicted molar refractivity (Wildman–Crippen MR) is 98.0 cm³/mol. The number of carbonyl (C=O) groups is 1. The summed E-state index contributed by atoms with van der Waals surface area (Å²) in [4.78, 5) is 12.2. The molecule has 3 aromatic rings. The molecule has 140 valence electrons. The van der Waals surface area contributed by atoms with E-state index < -0.39 is 0 Å². The van der Waals surface area contributed by atoms with Crippen molar-refractivity contribution in [2.24, 2.45) is 0 Å². The van der Waals surface area contributed by atoms with Crippen molar-refractivity contribution < 1.29 is 23.5 Å². The maximum absolute atomic E-state index is 12.2. The minimum absolute atomic E-state index is 0.208. The largest absolute Gasteiger partial charge is 0.497 e. The van der Waals surface area contributed by atoms with Crippen molar-refractivity contribution >= 4 is 5.91 Å². The summed E-state index contributed by atoms with van der Waals surface area (Å²) in [6.45, 7) is 0.461. The maximum Gasteiger partial charge on any atom is 0.251 e. The minimum atomic E-state index is -0.208. The molecule has 0 spiro atoms. The molecular formula is C20H20N2O5. The second-order valence-corrected chi connectivity index (χ2v) is 5.64. The normalized spacial score (nSPS) is 10.3. The molecule has 7 nitrogen and oxygen atoms in total. The van der Waals surface area contributed by atoms with Crippen LogP contribution in [0.5, 0.6) is 17.2 Å². The highest BCUT2D eigenvalue weighted by Crippen LogP contribution is 2.26. The van der Waals surface area contributed by atoms with Crippen molar-refractivity contribution in [3.63, 3.8) is 0 Å². The van der Waals surface area contributed by atoms with Gasteiger partial charge in [0, 0.05) is 11.6 Å². The van der Waals surface area contributed by atoms with Gasteiger partial charge in [-0.3, -0.25) is 4.79 Å². The molecule has 0 aliphatic heterocycles. The molecule has 0 bridgehead atoms. The highest BCUT2D eigenvalue weighted by molar-refractivity contribution is 5.94. The maximum atomic E-state index is 12.2. The smallest absolute Gasteiger partial charge is 0.251 e. The quantitative estimate of drug-likeness (QED) is 0.657. The van der Waals surface area contributed by atoms with Gasteiger partial charge in [0.2, 0.25) is 0 Å². The van der Waals surface area contributed by atoms with Gasteiger partial charge in [0.1, 0.15) is 18.1 Å². The van der Waals surface area contributed by atoms with Gasteiger partial charge in [0.05, 0.1) is 20.8 Å². The number of para-hydroxylation sites is 2. The van der Waals surface area contributed by atoms with E-state index in [9.17, 15) is 4.79 Å². The van der Waals surface area contributed by atoms with Crippen molar-refractivity contribution in [1.82, 2.24) is 10.5 Å². The second-order valence-electron chi connectivity index (χ2n) is 5.64. The summed E-state index contributed by atoms with van der Waals surface area (Å²) in [5.74, 6) is 2.29. The molecule has 3 rings (SSSR count). The predicted octanol–water partition coefficient (Wildman–Crippen LogP) is 3.20. The Labute approximate surface area is 156 Å². The van der Waals surface area contributed by atoms with Crippen molar-refractivity contribution in [1.29, 1.82) is 0 Å². The van der Waals surface area contributed by atoms with Crippen LogP contribution in [0.2, 0.25) is 0 Å². The number of methoxy groups -OCH3 is 2. The lowest BCUT2D eigenvalue weighted by Gasteiger charge is -2.08. The van der Waals surface area contributed by atoms with E-state index in [-0.39, 0.29) is 19.1 Å². The van der Waals surface area contributed by atoms with Crippen LogP contribution >= 0.6 is 0 Å². The first-order valence-electron chi connectivity index (χ1n) is 8.32. The zero-order chi connectivity index (χ0) is 19.1. The van der Waals surface area contributed by atoms with Crippen LogP contribution < -0.4 is 19.5 Å². The van der Waals surface area contributed by atoms with Crippen molar-refractivity contribution in [3.05, 3.63) is 71.6 Å². The molecule has 1 N–H and O–H groups in total. The SMILES string of the molecule is COc1ccc(C(=O)NCc2cc(COc3ccccc3OC)no2)cc1. The third-order valence-electron chi connectivity index (χ3n) is 3.83. The molecule has 1 aromatic heterocycles. The minimum Gasteiger partial charge on any atom is -0.497 e. The number of rotatable bonds is 8. The molecule has 0 saturated carbocycles. The molecule has 0 saturated heterocycles. The Hall–Kier alpha value is -3.48. The van der Waals surface area contributed by atoms with Crippen LogP contribution in [-0.4, -0.2) is 25.3 Å². The molecular weight excluding hydrogens is 348 g/mol. The molecule has 1 amide bonds. The molecule has 0 fully saturated rings. The van der Waals surface area contributed by atoms with Gasteiger partial charge < -0.3 is 24.1 Å². The molecule has 1 heterocycles. The second kappa shape index (κ2) is 8.75. The number of amides is 1. The van der Waals surface area contributed by atoms with Gasteiger partial charge in [-0.05, 0) is 36.4 Å². The number of hydrogen-bond acceptors (Lipinski definition) is 6. The van der Waals surface area contributed by atoms with Crippen LogP contribution in [0, 0.1) is 0 Å². The van der Waals surface area contributed by atoms with E-state index in [4.69, 9.17) is 18.7 Å². The molecule has 0 aliphatic rings. The highest BCUT2D eigenvalue weighted by Gasteiger charge is 2.10. The zero-order valence-corrected chi connectivity index (χ0v) is 15.1.